The highest BCUT2D eigenvalue weighted by Gasteiger charge is 2.24. The molecule has 2 heteroatoms. The smallest absolute Gasteiger partial charge is 0.0462 e. The maximum absolute atomic E-state index is 9.50. The molecule has 0 bridgehead atoms. The van der Waals surface area contributed by atoms with E-state index in [-0.39, 0.29) is 0 Å². The molecular weight excluding hydrogens is 246 g/mol. The van der Waals surface area contributed by atoms with Gasteiger partial charge in [-0.15, -0.1) is 0 Å². The van der Waals surface area contributed by atoms with Crippen molar-refractivity contribution in [2.45, 2.75) is 52.5 Å². The van der Waals surface area contributed by atoms with Crippen molar-refractivity contribution in [2.24, 2.45) is 11.8 Å². The predicted molar refractivity (Wildman–Crippen MR) is 84.9 cm³/mol. The maximum Gasteiger partial charge on any atom is 0.0462 e. The third kappa shape index (κ3) is 3.83. The van der Waals surface area contributed by atoms with E-state index < -0.39 is 0 Å². The van der Waals surface area contributed by atoms with Gasteiger partial charge < -0.3 is 10.4 Å². The molecule has 0 aromatic heterocycles. The second-order valence-corrected chi connectivity index (χ2v) is 6.48. The van der Waals surface area contributed by atoms with Gasteiger partial charge in [-0.25, -0.2) is 0 Å². The van der Waals surface area contributed by atoms with Crippen molar-refractivity contribution in [3.8, 4) is 0 Å². The molecule has 0 heterocycles. The summed E-state index contributed by atoms with van der Waals surface area (Å²) in [4.78, 5) is 0. The molecule has 1 aromatic rings. The van der Waals surface area contributed by atoms with Gasteiger partial charge >= 0.3 is 0 Å². The van der Waals surface area contributed by atoms with Crippen molar-refractivity contribution in [1.82, 2.24) is 5.32 Å². The van der Waals surface area contributed by atoms with Crippen LogP contribution in [0, 0.1) is 25.7 Å². The van der Waals surface area contributed by atoms with Gasteiger partial charge in [0.15, 0.2) is 0 Å². The van der Waals surface area contributed by atoms with Crippen molar-refractivity contribution in [1.29, 1.82) is 0 Å². The van der Waals surface area contributed by atoms with E-state index in [1.54, 1.807) is 0 Å². The van der Waals surface area contributed by atoms with E-state index in [2.05, 4.69) is 44.3 Å². The number of aryl methyl sites for hydroxylation is 2. The maximum atomic E-state index is 9.50. The van der Waals surface area contributed by atoms with Crippen LogP contribution < -0.4 is 5.32 Å². The van der Waals surface area contributed by atoms with E-state index in [4.69, 9.17) is 0 Å². The predicted octanol–water partition coefficient (Wildman–Crippen LogP) is 3.75. The lowest BCUT2D eigenvalue weighted by molar-refractivity contribution is 0.131. The molecule has 20 heavy (non-hydrogen) atoms. The zero-order valence-electron chi connectivity index (χ0n) is 13.2. The fraction of sp³-hybridized carbons (Fsp3) is 0.667. The summed E-state index contributed by atoms with van der Waals surface area (Å²) in [6.07, 6.45) is 5.06. The van der Waals surface area contributed by atoms with Gasteiger partial charge in [0.05, 0.1) is 0 Å². The van der Waals surface area contributed by atoms with E-state index in [0.29, 0.717) is 24.5 Å². The summed E-state index contributed by atoms with van der Waals surface area (Å²) >= 11 is 0. The molecule has 0 saturated heterocycles. The Bertz CT molecular complexity index is 429. The standard InChI is InChI=1S/C18H29NO/c1-13-8-9-14(2)18(10-13)15(3)19-11-16-6-4-5-7-17(16)12-20/h8-10,15-17,19-20H,4-7,11-12H2,1-3H3. The van der Waals surface area contributed by atoms with E-state index in [9.17, 15) is 5.11 Å². The number of benzene rings is 1. The molecule has 1 aromatic carbocycles. The number of hydrogen-bond acceptors (Lipinski definition) is 2. The first kappa shape index (κ1) is 15.5. The highest BCUT2D eigenvalue weighted by molar-refractivity contribution is 5.32. The van der Waals surface area contributed by atoms with Crippen LogP contribution in [0.1, 0.15) is 55.3 Å². The van der Waals surface area contributed by atoms with Crippen LogP contribution in [0.2, 0.25) is 0 Å². The summed E-state index contributed by atoms with van der Waals surface area (Å²) in [5, 5.41) is 13.2. The Balaban J connectivity index is 1.94. The van der Waals surface area contributed by atoms with Gasteiger partial charge in [-0.2, -0.15) is 0 Å². The van der Waals surface area contributed by atoms with Gasteiger partial charge in [0.2, 0.25) is 0 Å². The molecule has 0 spiro atoms. The second-order valence-electron chi connectivity index (χ2n) is 6.48. The topological polar surface area (TPSA) is 32.3 Å². The summed E-state index contributed by atoms with van der Waals surface area (Å²) in [5.41, 5.74) is 4.09. The van der Waals surface area contributed by atoms with Crippen molar-refractivity contribution in [2.75, 3.05) is 13.2 Å². The minimum Gasteiger partial charge on any atom is -0.396 e. The van der Waals surface area contributed by atoms with Crippen molar-refractivity contribution < 1.29 is 5.11 Å². The van der Waals surface area contributed by atoms with Crippen LogP contribution in [0.5, 0.6) is 0 Å². The highest BCUT2D eigenvalue weighted by Crippen LogP contribution is 2.30. The Morgan fingerprint density at radius 3 is 2.60 bits per heavy atom. The van der Waals surface area contributed by atoms with Gasteiger partial charge in [0.1, 0.15) is 0 Å². The summed E-state index contributed by atoms with van der Waals surface area (Å²) in [7, 11) is 0. The van der Waals surface area contributed by atoms with Crippen molar-refractivity contribution in [3.63, 3.8) is 0 Å². The molecule has 1 aliphatic rings. The molecule has 2 rings (SSSR count). The summed E-state index contributed by atoms with van der Waals surface area (Å²) < 4.78 is 0. The lowest BCUT2D eigenvalue weighted by Crippen LogP contribution is -2.33. The van der Waals surface area contributed by atoms with Crippen molar-refractivity contribution >= 4 is 0 Å². The number of rotatable bonds is 5. The molecule has 3 unspecified atom stereocenters. The minimum atomic E-state index is 0.351. The molecule has 1 aliphatic carbocycles. The fourth-order valence-corrected chi connectivity index (χ4v) is 3.46. The first-order chi connectivity index (χ1) is 9.61. The summed E-state index contributed by atoms with van der Waals surface area (Å²) in [6.45, 7) is 7.96. The van der Waals surface area contributed by atoms with E-state index in [0.717, 1.165) is 6.54 Å². The third-order valence-electron chi connectivity index (χ3n) is 4.89. The Morgan fingerprint density at radius 1 is 1.20 bits per heavy atom. The monoisotopic (exact) mass is 275 g/mol. The molecule has 0 radical (unpaired) electrons. The Hall–Kier alpha value is -0.860. The minimum absolute atomic E-state index is 0.351. The van der Waals surface area contributed by atoms with E-state index in [1.165, 1.54) is 42.4 Å². The third-order valence-corrected chi connectivity index (χ3v) is 4.89. The normalized spacial score (nSPS) is 24.6. The lowest BCUT2D eigenvalue weighted by Gasteiger charge is -2.31. The van der Waals surface area contributed by atoms with Gasteiger partial charge in [-0.05, 0) is 63.1 Å². The number of aliphatic hydroxyl groups is 1. The van der Waals surface area contributed by atoms with E-state index in [1.807, 2.05) is 0 Å². The molecule has 2 nitrogen and oxygen atoms in total. The first-order valence-corrected chi connectivity index (χ1v) is 8.03. The molecule has 3 atom stereocenters. The molecule has 2 N–H and O–H groups in total. The molecule has 0 amide bonds. The number of hydrogen-bond donors (Lipinski definition) is 2. The largest absolute Gasteiger partial charge is 0.396 e. The molecule has 1 saturated carbocycles. The second kappa shape index (κ2) is 7.24. The van der Waals surface area contributed by atoms with E-state index >= 15 is 0 Å². The average molecular weight is 275 g/mol. The Kier molecular flexibility index (Phi) is 5.62. The van der Waals surface area contributed by atoms with Gasteiger partial charge in [0.25, 0.3) is 0 Å². The average Bonchev–Trinajstić information content (AvgIpc) is 2.47. The molecular formula is C18H29NO. The van der Waals surface area contributed by atoms with Crippen LogP contribution in [-0.2, 0) is 0 Å². The molecule has 112 valence electrons. The van der Waals surface area contributed by atoms with Crippen LogP contribution in [0.25, 0.3) is 0 Å². The molecule has 1 fully saturated rings. The zero-order chi connectivity index (χ0) is 14.5. The Morgan fingerprint density at radius 2 is 1.90 bits per heavy atom. The van der Waals surface area contributed by atoms with Crippen LogP contribution in [-0.4, -0.2) is 18.3 Å². The summed E-state index contributed by atoms with van der Waals surface area (Å²) in [5.74, 6) is 1.14. The first-order valence-electron chi connectivity index (χ1n) is 8.03. The van der Waals surface area contributed by atoms with Crippen LogP contribution in [0.15, 0.2) is 18.2 Å². The fourth-order valence-electron chi connectivity index (χ4n) is 3.46. The van der Waals surface area contributed by atoms with Gasteiger partial charge in [-0.3, -0.25) is 0 Å². The van der Waals surface area contributed by atoms with Crippen LogP contribution >= 0.6 is 0 Å². The van der Waals surface area contributed by atoms with Crippen LogP contribution in [0.3, 0.4) is 0 Å². The number of nitrogens with one attached hydrogen (secondary N) is 1. The molecule has 0 aliphatic heterocycles. The quantitative estimate of drug-likeness (QED) is 0.857. The lowest BCUT2D eigenvalue weighted by atomic mass is 9.79. The SMILES string of the molecule is Cc1ccc(C)c(C(C)NCC2CCCCC2CO)c1. The highest BCUT2D eigenvalue weighted by atomic mass is 16.3. The summed E-state index contributed by atoms with van der Waals surface area (Å²) in [6, 6.07) is 7.06. The Labute approximate surface area is 123 Å². The van der Waals surface area contributed by atoms with Crippen LogP contribution in [0.4, 0.5) is 0 Å². The number of aliphatic hydroxyl groups excluding tert-OH is 1. The zero-order valence-corrected chi connectivity index (χ0v) is 13.2. The van der Waals surface area contributed by atoms with Gasteiger partial charge in [0, 0.05) is 12.6 Å². The van der Waals surface area contributed by atoms with Crippen molar-refractivity contribution in [3.05, 3.63) is 34.9 Å². The van der Waals surface area contributed by atoms with Gasteiger partial charge in [-0.1, -0.05) is 36.6 Å².